The summed E-state index contributed by atoms with van der Waals surface area (Å²) in [6.07, 6.45) is 0.157. The van der Waals surface area contributed by atoms with Crippen LogP contribution >= 0.6 is 11.8 Å². The van der Waals surface area contributed by atoms with E-state index >= 15 is 0 Å². The molecule has 0 aliphatic heterocycles. The van der Waals surface area contributed by atoms with Crippen molar-refractivity contribution in [1.82, 2.24) is 5.32 Å². The van der Waals surface area contributed by atoms with Crippen molar-refractivity contribution in [2.24, 2.45) is 0 Å². The molecule has 0 aliphatic carbocycles. The Hall–Kier alpha value is -3.31. The molecule has 0 spiro atoms. The third-order valence-electron chi connectivity index (χ3n) is 4.51. The summed E-state index contributed by atoms with van der Waals surface area (Å²) in [5.41, 5.74) is 2.94. The van der Waals surface area contributed by atoms with Crippen LogP contribution in [-0.4, -0.2) is 42.7 Å². The second-order valence-corrected chi connectivity index (χ2v) is 8.90. The number of carbonyl (C=O) groups excluding carboxylic acids is 3. The van der Waals surface area contributed by atoms with Gasteiger partial charge >= 0.3 is 5.97 Å². The van der Waals surface area contributed by atoms with Gasteiger partial charge < -0.3 is 15.0 Å². The summed E-state index contributed by atoms with van der Waals surface area (Å²) < 4.78 is 5.32. The van der Waals surface area contributed by atoms with Crippen LogP contribution in [0.5, 0.6) is 0 Å². The van der Waals surface area contributed by atoms with Crippen molar-refractivity contribution >= 4 is 35.2 Å². The van der Waals surface area contributed by atoms with E-state index in [2.05, 4.69) is 5.32 Å². The van der Waals surface area contributed by atoms with Crippen LogP contribution < -0.4 is 10.2 Å². The summed E-state index contributed by atoms with van der Waals surface area (Å²) >= 11 is 1.23. The molecule has 0 atom stereocenters. The number of carbonyl (C=O) groups is 3. The van der Waals surface area contributed by atoms with E-state index in [0.717, 1.165) is 11.1 Å². The van der Waals surface area contributed by atoms with Gasteiger partial charge in [0.05, 0.1) is 23.8 Å². The van der Waals surface area contributed by atoms with Crippen LogP contribution in [-0.2, 0) is 14.3 Å². The number of hydrogen-bond acceptors (Lipinski definition) is 6. The molecule has 8 heteroatoms. The monoisotopic (exact) mass is 467 g/mol. The van der Waals surface area contributed by atoms with Crippen molar-refractivity contribution in [3.05, 3.63) is 59.2 Å². The number of rotatable bonds is 10. The predicted molar refractivity (Wildman–Crippen MR) is 129 cm³/mol. The number of thioether (sulfide) groups is 1. The average molecular weight is 468 g/mol. The van der Waals surface area contributed by atoms with Gasteiger partial charge in [0.2, 0.25) is 5.91 Å². The van der Waals surface area contributed by atoms with E-state index in [4.69, 9.17) is 10.00 Å². The number of aryl methyl sites for hydroxylation is 2. The van der Waals surface area contributed by atoms with Gasteiger partial charge in [-0.1, -0.05) is 18.2 Å². The molecule has 0 radical (unpaired) electrons. The molecule has 0 bridgehead atoms. The Balaban J connectivity index is 2.08. The third kappa shape index (κ3) is 8.28. The van der Waals surface area contributed by atoms with Crippen molar-refractivity contribution in [3.8, 4) is 6.07 Å². The molecule has 0 saturated heterocycles. The molecule has 0 heterocycles. The Labute approximate surface area is 199 Å². The molecule has 174 valence electrons. The van der Waals surface area contributed by atoms with Crippen LogP contribution in [0.15, 0.2) is 47.4 Å². The zero-order valence-electron chi connectivity index (χ0n) is 19.4. The van der Waals surface area contributed by atoms with Crippen LogP contribution in [0.1, 0.15) is 41.8 Å². The van der Waals surface area contributed by atoms with Crippen molar-refractivity contribution in [3.63, 3.8) is 0 Å². The molecule has 2 aromatic rings. The summed E-state index contributed by atoms with van der Waals surface area (Å²) in [4.78, 5) is 39.6. The van der Waals surface area contributed by atoms with Crippen LogP contribution in [0.25, 0.3) is 0 Å². The Morgan fingerprint density at radius 1 is 1.12 bits per heavy atom. The standard InChI is InChI=1S/C25H29N3O4S/c1-17(2)27-23(29)16-33-22-9-6-5-8-21(22)25(31)32-15-24(30)28(11-7-10-26)20-13-18(3)12-19(4)14-20/h5-6,8-9,12-14,17H,7,11,15-16H2,1-4H3,(H,27,29). The predicted octanol–water partition coefficient (Wildman–Crippen LogP) is 4.02. The molecular formula is C25H29N3O4S. The molecule has 2 aromatic carbocycles. The first-order valence-corrected chi connectivity index (χ1v) is 11.6. The largest absolute Gasteiger partial charge is 0.452 e. The molecule has 0 saturated carbocycles. The molecule has 1 N–H and O–H groups in total. The number of benzene rings is 2. The Morgan fingerprint density at radius 2 is 1.79 bits per heavy atom. The first-order valence-electron chi connectivity index (χ1n) is 10.6. The van der Waals surface area contributed by atoms with Crippen LogP contribution in [0.4, 0.5) is 5.69 Å². The van der Waals surface area contributed by atoms with Gasteiger partial charge in [-0.05, 0) is 63.1 Å². The summed E-state index contributed by atoms with van der Waals surface area (Å²) in [6.45, 7) is 7.36. The maximum absolute atomic E-state index is 12.9. The fourth-order valence-electron chi connectivity index (χ4n) is 3.22. The van der Waals surface area contributed by atoms with Gasteiger partial charge in [0, 0.05) is 23.2 Å². The van der Waals surface area contributed by atoms with Crippen LogP contribution in [0, 0.1) is 25.2 Å². The molecular weight excluding hydrogens is 438 g/mol. The van der Waals surface area contributed by atoms with E-state index in [1.807, 2.05) is 52.0 Å². The maximum Gasteiger partial charge on any atom is 0.339 e. The maximum atomic E-state index is 12.9. The van der Waals surface area contributed by atoms with E-state index in [0.29, 0.717) is 16.1 Å². The van der Waals surface area contributed by atoms with Gasteiger partial charge in [-0.2, -0.15) is 5.26 Å². The van der Waals surface area contributed by atoms with Gasteiger partial charge in [0.1, 0.15) is 0 Å². The number of anilines is 1. The Kier molecular flexibility index (Phi) is 9.95. The highest BCUT2D eigenvalue weighted by Crippen LogP contribution is 2.24. The van der Waals surface area contributed by atoms with Crippen molar-refractivity contribution in [2.45, 2.75) is 45.1 Å². The average Bonchev–Trinajstić information content (AvgIpc) is 2.75. The summed E-state index contributed by atoms with van der Waals surface area (Å²) in [5, 5.41) is 11.8. The first kappa shape index (κ1) is 25.9. The molecule has 2 amide bonds. The number of ether oxygens (including phenoxy) is 1. The second kappa shape index (κ2) is 12.7. The topological polar surface area (TPSA) is 99.5 Å². The number of nitrogens with zero attached hydrogens (tertiary/aromatic N) is 2. The Morgan fingerprint density at radius 3 is 2.42 bits per heavy atom. The highest BCUT2D eigenvalue weighted by molar-refractivity contribution is 8.00. The van der Waals surface area contributed by atoms with Gasteiger partial charge in [0.15, 0.2) is 6.61 Å². The van der Waals surface area contributed by atoms with E-state index in [-0.39, 0.29) is 30.7 Å². The minimum atomic E-state index is -0.642. The fraction of sp³-hybridized carbons (Fsp3) is 0.360. The second-order valence-electron chi connectivity index (χ2n) is 7.88. The van der Waals surface area contributed by atoms with Gasteiger partial charge in [0.25, 0.3) is 5.91 Å². The first-order chi connectivity index (χ1) is 15.7. The lowest BCUT2D eigenvalue weighted by atomic mass is 10.1. The number of amides is 2. The van der Waals surface area contributed by atoms with Crippen molar-refractivity contribution in [1.29, 1.82) is 5.26 Å². The van der Waals surface area contributed by atoms with E-state index in [9.17, 15) is 14.4 Å². The highest BCUT2D eigenvalue weighted by atomic mass is 32.2. The minimum absolute atomic E-state index is 0.0329. The van der Waals surface area contributed by atoms with Crippen LogP contribution in [0.3, 0.4) is 0 Å². The minimum Gasteiger partial charge on any atom is -0.452 e. The third-order valence-corrected chi connectivity index (χ3v) is 5.58. The van der Waals surface area contributed by atoms with Gasteiger partial charge in [-0.15, -0.1) is 11.8 Å². The summed E-state index contributed by atoms with van der Waals surface area (Å²) in [5.74, 6) is -1.02. The van der Waals surface area contributed by atoms with Crippen molar-refractivity contribution < 1.29 is 19.1 Å². The zero-order valence-corrected chi connectivity index (χ0v) is 20.2. The number of nitriles is 1. The molecule has 0 aliphatic rings. The number of nitrogens with one attached hydrogen (secondary N) is 1. The SMILES string of the molecule is Cc1cc(C)cc(N(CCC#N)C(=O)COC(=O)c2ccccc2SCC(=O)NC(C)C)c1. The number of hydrogen-bond donors (Lipinski definition) is 1. The lowest BCUT2D eigenvalue weighted by molar-refractivity contribution is -0.121. The quantitative estimate of drug-likeness (QED) is 0.418. The molecule has 0 fully saturated rings. The molecule has 0 aromatic heterocycles. The summed E-state index contributed by atoms with van der Waals surface area (Å²) in [7, 11) is 0. The Bertz CT molecular complexity index is 1030. The highest BCUT2D eigenvalue weighted by Gasteiger charge is 2.20. The van der Waals surface area contributed by atoms with Crippen LogP contribution in [0.2, 0.25) is 0 Å². The summed E-state index contributed by atoms with van der Waals surface area (Å²) in [6, 6.07) is 14.6. The molecule has 7 nitrogen and oxygen atoms in total. The number of esters is 1. The van der Waals surface area contributed by atoms with E-state index < -0.39 is 18.5 Å². The molecule has 0 unspecified atom stereocenters. The van der Waals surface area contributed by atoms with Gasteiger partial charge in [-0.3, -0.25) is 9.59 Å². The fourth-order valence-corrected chi connectivity index (χ4v) is 4.07. The smallest absolute Gasteiger partial charge is 0.339 e. The van der Waals surface area contributed by atoms with Crippen molar-refractivity contribution in [2.75, 3.05) is 23.8 Å². The molecule has 2 rings (SSSR count). The van der Waals surface area contributed by atoms with E-state index in [1.165, 1.54) is 16.7 Å². The lowest BCUT2D eigenvalue weighted by Crippen LogP contribution is -2.35. The lowest BCUT2D eigenvalue weighted by Gasteiger charge is -2.22. The normalized spacial score (nSPS) is 10.4. The van der Waals surface area contributed by atoms with Gasteiger partial charge in [-0.25, -0.2) is 4.79 Å². The van der Waals surface area contributed by atoms with E-state index in [1.54, 1.807) is 24.3 Å². The zero-order chi connectivity index (χ0) is 24.4. The molecule has 33 heavy (non-hydrogen) atoms.